The number of allylic oxidation sites excluding steroid dienone is 1. The van der Waals surface area contributed by atoms with Crippen LogP contribution in [0, 0.1) is 5.41 Å². The third-order valence-electron chi connectivity index (χ3n) is 4.55. The second-order valence-electron chi connectivity index (χ2n) is 5.30. The van der Waals surface area contributed by atoms with Gasteiger partial charge in [-0.25, -0.2) is 0 Å². The largest absolute Gasteiger partial charge is 0.381 e. The van der Waals surface area contributed by atoms with Gasteiger partial charge in [-0.1, -0.05) is 36.4 Å². The fraction of sp³-hybridized carbons (Fsp3) is 0.500. The maximum Gasteiger partial charge on any atom is 0.0668 e. The highest BCUT2D eigenvalue weighted by atomic mass is 16.5. The van der Waals surface area contributed by atoms with Crippen molar-refractivity contribution in [3.8, 4) is 0 Å². The molecule has 0 unspecified atom stereocenters. The molecule has 0 amide bonds. The molecule has 0 N–H and O–H groups in total. The summed E-state index contributed by atoms with van der Waals surface area (Å²) in [4.78, 5) is 0. The molecule has 1 spiro atoms. The Morgan fingerprint density at radius 2 is 2.00 bits per heavy atom. The van der Waals surface area contributed by atoms with Crippen molar-refractivity contribution in [1.29, 1.82) is 0 Å². The zero-order valence-electron chi connectivity index (χ0n) is 10.5. The smallest absolute Gasteiger partial charge is 0.0668 e. The van der Waals surface area contributed by atoms with Gasteiger partial charge in [-0.2, -0.15) is 0 Å². The molecular formula is C16H20O. The molecule has 0 aliphatic heterocycles. The first kappa shape index (κ1) is 11.0. The van der Waals surface area contributed by atoms with Gasteiger partial charge in [0.25, 0.3) is 0 Å². The molecule has 0 bridgehead atoms. The average molecular weight is 228 g/mol. The topological polar surface area (TPSA) is 9.23 Å². The van der Waals surface area contributed by atoms with Gasteiger partial charge in [0.1, 0.15) is 0 Å². The van der Waals surface area contributed by atoms with Crippen LogP contribution < -0.4 is 0 Å². The zero-order valence-corrected chi connectivity index (χ0v) is 10.5. The molecule has 17 heavy (non-hydrogen) atoms. The van der Waals surface area contributed by atoms with Crippen LogP contribution >= 0.6 is 0 Å². The molecule has 1 nitrogen and oxygen atoms in total. The number of benzene rings is 1. The Bertz CT molecular complexity index is 420. The molecule has 1 heteroatoms. The van der Waals surface area contributed by atoms with E-state index >= 15 is 0 Å². The van der Waals surface area contributed by atoms with Gasteiger partial charge in [-0.05, 0) is 43.2 Å². The molecule has 2 aliphatic rings. The lowest BCUT2D eigenvalue weighted by molar-refractivity contribution is 0.0409. The summed E-state index contributed by atoms with van der Waals surface area (Å²) >= 11 is 0. The predicted octanol–water partition coefficient (Wildman–Crippen LogP) is 4.05. The quantitative estimate of drug-likeness (QED) is 0.742. The van der Waals surface area contributed by atoms with E-state index in [1.807, 2.05) is 7.11 Å². The summed E-state index contributed by atoms with van der Waals surface area (Å²) in [6, 6.07) is 10.8. The van der Waals surface area contributed by atoms with Gasteiger partial charge in [-0.3, -0.25) is 0 Å². The molecule has 1 saturated carbocycles. The van der Waals surface area contributed by atoms with Crippen LogP contribution in [0.25, 0.3) is 5.57 Å². The summed E-state index contributed by atoms with van der Waals surface area (Å²) in [5.74, 6) is 0. The van der Waals surface area contributed by atoms with Gasteiger partial charge < -0.3 is 4.74 Å². The van der Waals surface area contributed by atoms with Gasteiger partial charge in [0, 0.05) is 12.5 Å². The van der Waals surface area contributed by atoms with Crippen molar-refractivity contribution in [1.82, 2.24) is 0 Å². The van der Waals surface area contributed by atoms with Crippen LogP contribution in [0.2, 0.25) is 0 Å². The Morgan fingerprint density at radius 1 is 1.18 bits per heavy atom. The Kier molecular flexibility index (Phi) is 2.79. The minimum absolute atomic E-state index is 0.316. The summed E-state index contributed by atoms with van der Waals surface area (Å²) in [6.07, 6.45) is 9.18. The SMILES string of the molecule is CO[C@@H]1CCC[C@]12CCC=C2c1ccccc1. The van der Waals surface area contributed by atoms with Gasteiger partial charge in [0.05, 0.1) is 6.10 Å². The van der Waals surface area contributed by atoms with E-state index in [0.717, 1.165) is 0 Å². The van der Waals surface area contributed by atoms with Crippen molar-refractivity contribution in [3.05, 3.63) is 42.0 Å². The van der Waals surface area contributed by atoms with Gasteiger partial charge in [-0.15, -0.1) is 0 Å². The maximum absolute atomic E-state index is 5.76. The van der Waals surface area contributed by atoms with E-state index in [4.69, 9.17) is 4.74 Å². The van der Waals surface area contributed by atoms with Crippen LogP contribution in [0.15, 0.2) is 36.4 Å². The van der Waals surface area contributed by atoms with E-state index in [0.29, 0.717) is 11.5 Å². The van der Waals surface area contributed by atoms with Crippen molar-refractivity contribution in [2.24, 2.45) is 5.41 Å². The van der Waals surface area contributed by atoms with Crippen molar-refractivity contribution in [2.75, 3.05) is 7.11 Å². The highest BCUT2D eigenvalue weighted by molar-refractivity contribution is 5.73. The minimum atomic E-state index is 0.316. The van der Waals surface area contributed by atoms with Crippen LogP contribution in [-0.4, -0.2) is 13.2 Å². The highest BCUT2D eigenvalue weighted by Crippen LogP contribution is 2.56. The highest BCUT2D eigenvalue weighted by Gasteiger charge is 2.47. The Morgan fingerprint density at radius 3 is 2.76 bits per heavy atom. The van der Waals surface area contributed by atoms with Crippen LogP contribution in [-0.2, 0) is 4.74 Å². The lowest BCUT2D eigenvalue weighted by Crippen LogP contribution is -2.30. The summed E-state index contributed by atoms with van der Waals surface area (Å²) < 4.78 is 5.76. The molecule has 1 aromatic carbocycles. The first-order valence-electron chi connectivity index (χ1n) is 6.66. The van der Waals surface area contributed by atoms with Gasteiger partial charge in [0.2, 0.25) is 0 Å². The molecule has 2 atom stereocenters. The molecule has 90 valence electrons. The molecule has 0 saturated heterocycles. The fourth-order valence-corrected chi connectivity index (χ4v) is 3.81. The second-order valence-corrected chi connectivity index (χ2v) is 5.30. The van der Waals surface area contributed by atoms with E-state index in [-0.39, 0.29) is 0 Å². The van der Waals surface area contributed by atoms with Gasteiger partial charge >= 0.3 is 0 Å². The van der Waals surface area contributed by atoms with Gasteiger partial charge in [0.15, 0.2) is 0 Å². The zero-order chi connectivity index (χ0) is 11.7. The van der Waals surface area contributed by atoms with Crippen molar-refractivity contribution < 1.29 is 4.74 Å². The number of hydrogen-bond donors (Lipinski definition) is 0. The molecule has 2 aliphatic carbocycles. The second kappa shape index (κ2) is 4.30. The Labute approximate surface area is 103 Å². The van der Waals surface area contributed by atoms with Crippen LogP contribution in [0.4, 0.5) is 0 Å². The molecular weight excluding hydrogens is 208 g/mol. The van der Waals surface area contributed by atoms with Crippen molar-refractivity contribution >= 4 is 5.57 Å². The summed E-state index contributed by atoms with van der Waals surface area (Å²) in [5.41, 5.74) is 3.26. The normalized spacial score (nSPS) is 32.1. The molecule has 1 fully saturated rings. The van der Waals surface area contributed by atoms with E-state index in [2.05, 4.69) is 36.4 Å². The van der Waals surface area contributed by atoms with Crippen LogP contribution in [0.1, 0.15) is 37.7 Å². The lowest BCUT2D eigenvalue weighted by atomic mass is 9.75. The lowest BCUT2D eigenvalue weighted by Gasteiger charge is -2.34. The monoisotopic (exact) mass is 228 g/mol. The van der Waals surface area contributed by atoms with Crippen molar-refractivity contribution in [3.63, 3.8) is 0 Å². The minimum Gasteiger partial charge on any atom is -0.381 e. The number of hydrogen-bond acceptors (Lipinski definition) is 1. The number of methoxy groups -OCH3 is 1. The van der Waals surface area contributed by atoms with E-state index in [1.54, 1.807) is 5.57 Å². The van der Waals surface area contributed by atoms with E-state index in [1.165, 1.54) is 37.7 Å². The standard InChI is InChI=1S/C16H20O/c1-17-15-10-6-12-16(15)11-5-9-14(16)13-7-3-2-4-8-13/h2-4,7-9,15H,5-6,10-12H2,1H3/t15-,16+/m1/s1. The molecule has 0 aromatic heterocycles. The fourth-order valence-electron chi connectivity index (χ4n) is 3.81. The molecule has 0 radical (unpaired) electrons. The first-order chi connectivity index (χ1) is 8.37. The third kappa shape index (κ3) is 1.64. The molecule has 1 aromatic rings. The molecule has 0 heterocycles. The van der Waals surface area contributed by atoms with Crippen LogP contribution in [0.5, 0.6) is 0 Å². The van der Waals surface area contributed by atoms with E-state index in [9.17, 15) is 0 Å². The summed E-state index contributed by atoms with van der Waals surface area (Å²) in [6.45, 7) is 0. The summed E-state index contributed by atoms with van der Waals surface area (Å²) in [5, 5.41) is 0. The Balaban J connectivity index is 1.99. The van der Waals surface area contributed by atoms with Crippen molar-refractivity contribution in [2.45, 2.75) is 38.2 Å². The predicted molar refractivity (Wildman–Crippen MR) is 70.7 cm³/mol. The van der Waals surface area contributed by atoms with Crippen LogP contribution in [0.3, 0.4) is 0 Å². The average Bonchev–Trinajstić information content (AvgIpc) is 2.98. The number of ether oxygens (including phenoxy) is 1. The maximum atomic E-state index is 5.76. The number of rotatable bonds is 2. The Hall–Kier alpha value is -1.08. The first-order valence-corrected chi connectivity index (χ1v) is 6.66. The third-order valence-corrected chi connectivity index (χ3v) is 4.55. The molecule has 3 rings (SSSR count). The summed E-state index contributed by atoms with van der Waals surface area (Å²) in [7, 11) is 1.87. The van der Waals surface area contributed by atoms with E-state index < -0.39 is 0 Å².